The molecule has 0 aliphatic rings. The van der Waals surface area contributed by atoms with Gasteiger partial charge in [-0.1, -0.05) is 0 Å². The number of hydrogen-bond donors (Lipinski definition) is 0. The van der Waals surface area contributed by atoms with Crippen molar-refractivity contribution in [2.75, 3.05) is 0 Å². The zero-order valence-electron chi connectivity index (χ0n) is 11.5. The van der Waals surface area contributed by atoms with Gasteiger partial charge in [-0.15, -0.1) is 0 Å². The fourth-order valence-corrected chi connectivity index (χ4v) is 1.75. The summed E-state index contributed by atoms with van der Waals surface area (Å²) in [5, 5.41) is 8.75. The molecule has 0 unspecified atom stereocenters. The molecule has 0 saturated heterocycles. The summed E-state index contributed by atoms with van der Waals surface area (Å²) in [7, 11) is 0. The van der Waals surface area contributed by atoms with E-state index in [-0.39, 0.29) is 0 Å². The minimum absolute atomic E-state index is 0.295. The summed E-state index contributed by atoms with van der Waals surface area (Å²) in [6.45, 7) is 0. The summed E-state index contributed by atoms with van der Waals surface area (Å²) in [6.07, 6.45) is 3.23. The number of ether oxygens (including phenoxy) is 2. The smallest absolute Gasteiger partial charge is 0.321 e. The van der Waals surface area contributed by atoms with Gasteiger partial charge in [0.2, 0.25) is 0 Å². The van der Waals surface area contributed by atoms with Crippen molar-refractivity contribution in [1.82, 2.24) is 9.97 Å². The third-order valence-corrected chi connectivity index (χ3v) is 2.79. The van der Waals surface area contributed by atoms with Crippen LogP contribution in [0.1, 0.15) is 5.56 Å². The molecule has 1 heterocycles. The molecule has 3 aromatic rings. The van der Waals surface area contributed by atoms with Crippen molar-refractivity contribution in [1.29, 1.82) is 5.26 Å². The van der Waals surface area contributed by atoms with Crippen molar-refractivity contribution in [3.63, 3.8) is 0 Å². The van der Waals surface area contributed by atoms with E-state index >= 15 is 0 Å². The summed E-state index contributed by atoms with van der Waals surface area (Å²) in [5.74, 6) is 1.96. The first-order valence-electron chi connectivity index (χ1n) is 6.56. The van der Waals surface area contributed by atoms with E-state index in [2.05, 4.69) is 16.0 Å². The predicted octanol–water partition coefficient (Wildman–Crippen LogP) is 3.93. The third kappa shape index (κ3) is 3.38. The van der Waals surface area contributed by atoms with Gasteiger partial charge in [-0.05, 0) is 54.6 Å². The van der Waals surface area contributed by atoms with Crippen LogP contribution in [0, 0.1) is 11.3 Å². The molecule has 0 fully saturated rings. The Balaban J connectivity index is 1.67. The number of benzene rings is 2. The quantitative estimate of drug-likeness (QED) is 0.727. The van der Waals surface area contributed by atoms with Gasteiger partial charge in [0.15, 0.2) is 0 Å². The van der Waals surface area contributed by atoms with E-state index in [1.165, 1.54) is 0 Å². The number of rotatable bonds is 4. The number of aromatic nitrogens is 2. The molecule has 1 aromatic heterocycles. The van der Waals surface area contributed by atoms with Crippen LogP contribution in [-0.4, -0.2) is 9.97 Å². The number of nitriles is 1. The van der Waals surface area contributed by atoms with Crippen LogP contribution in [0.2, 0.25) is 0 Å². The van der Waals surface area contributed by atoms with E-state index in [9.17, 15) is 0 Å². The molecule has 0 aliphatic heterocycles. The molecule has 0 spiro atoms. The highest BCUT2D eigenvalue weighted by molar-refractivity contribution is 5.39. The average molecular weight is 289 g/mol. The monoisotopic (exact) mass is 289 g/mol. The minimum Gasteiger partial charge on any atom is -0.457 e. The van der Waals surface area contributed by atoms with Gasteiger partial charge in [0.1, 0.15) is 17.2 Å². The molecule has 0 aliphatic carbocycles. The topological polar surface area (TPSA) is 68.0 Å². The molecule has 0 bridgehead atoms. The Kier molecular flexibility index (Phi) is 3.94. The first kappa shape index (κ1) is 13.6. The van der Waals surface area contributed by atoms with Crippen LogP contribution >= 0.6 is 0 Å². The van der Waals surface area contributed by atoms with Crippen LogP contribution in [0.3, 0.4) is 0 Å². The highest BCUT2D eigenvalue weighted by atomic mass is 16.5. The molecule has 3 rings (SSSR count). The fraction of sp³-hybridized carbons (Fsp3) is 0. The van der Waals surface area contributed by atoms with Crippen molar-refractivity contribution >= 4 is 0 Å². The van der Waals surface area contributed by atoms with Crippen LogP contribution in [0.4, 0.5) is 0 Å². The molecule has 0 saturated carbocycles. The van der Waals surface area contributed by atoms with Crippen molar-refractivity contribution in [2.24, 2.45) is 0 Å². The second-order valence-corrected chi connectivity index (χ2v) is 4.34. The maximum Gasteiger partial charge on any atom is 0.321 e. The Hall–Kier alpha value is -3.39. The first-order valence-corrected chi connectivity index (χ1v) is 6.56. The van der Waals surface area contributed by atoms with E-state index in [0.29, 0.717) is 28.8 Å². The van der Waals surface area contributed by atoms with E-state index in [1.807, 2.05) is 0 Å². The molecular formula is C17H11N3O2. The summed E-state index contributed by atoms with van der Waals surface area (Å²) in [5.41, 5.74) is 0.596. The van der Waals surface area contributed by atoms with Crippen LogP contribution in [-0.2, 0) is 0 Å². The Morgan fingerprint density at radius 2 is 1.23 bits per heavy atom. The third-order valence-electron chi connectivity index (χ3n) is 2.79. The van der Waals surface area contributed by atoms with Crippen molar-refractivity contribution < 1.29 is 9.47 Å². The van der Waals surface area contributed by atoms with Gasteiger partial charge in [0.25, 0.3) is 0 Å². The number of hydrogen-bond acceptors (Lipinski definition) is 5. The summed E-state index contributed by atoms with van der Waals surface area (Å²) in [6, 6.07) is 18.1. The van der Waals surface area contributed by atoms with Crippen LogP contribution in [0.15, 0.2) is 67.0 Å². The highest BCUT2D eigenvalue weighted by Crippen LogP contribution is 2.25. The minimum atomic E-state index is 0.295. The van der Waals surface area contributed by atoms with Crippen LogP contribution in [0.25, 0.3) is 0 Å². The lowest BCUT2D eigenvalue weighted by atomic mass is 10.2. The summed E-state index contributed by atoms with van der Waals surface area (Å²) >= 11 is 0. The van der Waals surface area contributed by atoms with Gasteiger partial charge in [-0.3, -0.25) is 0 Å². The summed E-state index contributed by atoms with van der Waals surface area (Å²) in [4.78, 5) is 7.98. The van der Waals surface area contributed by atoms with Crippen LogP contribution < -0.4 is 9.47 Å². The van der Waals surface area contributed by atoms with Crippen molar-refractivity contribution in [2.45, 2.75) is 0 Å². The molecule has 0 amide bonds. The molecule has 106 valence electrons. The van der Waals surface area contributed by atoms with Gasteiger partial charge < -0.3 is 9.47 Å². The van der Waals surface area contributed by atoms with E-state index in [4.69, 9.17) is 14.7 Å². The normalized spacial score (nSPS) is 9.77. The molecule has 0 atom stereocenters. The maximum atomic E-state index is 8.75. The summed E-state index contributed by atoms with van der Waals surface area (Å²) < 4.78 is 11.2. The number of nitrogens with zero attached hydrogens (tertiary/aromatic N) is 3. The SMILES string of the molecule is N#Cc1ccc(Oc2ccc(Oc3ncccn3)cc2)cc1. The lowest BCUT2D eigenvalue weighted by molar-refractivity contribution is 0.438. The molecule has 2 aromatic carbocycles. The Bertz CT molecular complexity index is 779. The molecule has 0 radical (unpaired) electrons. The molecule has 5 heteroatoms. The van der Waals surface area contributed by atoms with Gasteiger partial charge in [-0.2, -0.15) is 5.26 Å². The largest absolute Gasteiger partial charge is 0.457 e. The van der Waals surface area contributed by atoms with Crippen LogP contribution in [0.5, 0.6) is 23.3 Å². The van der Waals surface area contributed by atoms with E-state index in [1.54, 1.807) is 67.0 Å². The Morgan fingerprint density at radius 3 is 1.77 bits per heavy atom. The lowest BCUT2D eigenvalue weighted by Gasteiger charge is -2.07. The lowest BCUT2D eigenvalue weighted by Crippen LogP contribution is -1.90. The molecular weight excluding hydrogens is 278 g/mol. The second-order valence-electron chi connectivity index (χ2n) is 4.34. The van der Waals surface area contributed by atoms with Gasteiger partial charge >= 0.3 is 6.01 Å². The zero-order chi connectivity index (χ0) is 15.2. The van der Waals surface area contributed by atoms with Gasteiger partial charge in [0, 0.05) is 12.4 Å². The zero-order valence-corrected chi connectivity index (χ0v) is 11.5. The van der Waals surface area contributed by atoms with E-state index in [0.717, 1.165) is 0 Å². The maximum absolute atomic E-state index is 8.75. The Morgan fingerprint density at radius 1 is 0.727 bits per heavy atom. The predicted molar refractivity (Wildman–Crippen MR) is 79.8 cm³/mol. The average Bonchev–Trinajstić information content (AvgIpc) is 2.58. The Labute approximate surface area is 127 Å². The van der Waals surface area contributed by atoms with Crippen molar-refractivity contribution in [3.8, 4) is 29.3 Å². The molecule has 22 heavy (non-hydrogen) atoms. The first-order chi connectivity index (χ1) is 10.8. The molecule has 0 N–H and O–H groups in total. The van der Waals surface area contributed by atoms with E-state index < -0.39 is 0 Å². The fourth-order valence-electron chi connectivity index (χ4n) is 1.75. The molecule has 5 nitrogen and oxygen atoms in total. The standard InChI is InChI=1S/C17H11N3O2/c18-12-13-2-4-14(5-3-13)21-15-6-8-16(9-7-15)22-17-19-10-1-11-20-17/h1-11H. The second kappa shape index (κ2) is 6.37. The van der Waals surface area contributed by atoms with Gasteiger partial charge in [-0.25, -0.2) is 9.97 Å². The van der Waals surface area contributed by atoms with Gasteiger partial charge in [0.05, 0.1) is 11.6 Å². The van der Waals surface area contributed by atoms with Crippen molar-refractivity contribution in [3.05, 3.63) is 72.6 Å². The highest BCUT2D eigenvalue weighted by Gasteiger charge is 2.01.